The summed E-state index contributed by atoms with van der Waals surface area (Å²) in [6.07, 6.45) is 0.111. The molecule has 0 saturated heterocycles. The molecule has 0 aliphatic carbocycles. The number of carbonyl (C=O) groups is 4. The van der Waals surface area contributed by atoms with E-state index in [-0.39, 0.29) is 129 Å². The molecule has 0 unspecified atom stereocenters. The van der Waals surface area contributed by atoms with E-state index in [2.05, 4.69) is 0 Å². The number of carboxylic acid groups (broad SMARTS) is 4. The van der Waals surface area contributed by atoms with E-state index < -0.39 is 34.3 Å². The maximum absolute atomic E-state index is 9.26. The summed E-state index contributed by atoms with van der Waals surface area (Å²) in [7, 11) is -5.17. The first-order chi connectivity index (χ1) is 9.47. The van der Waals surface area contributed by atoms with Crippen LogP contribution in [0.15, 0.2) is 0 Å². The second-order valence-corrected chi connectivity index (χ2v) is 3.45. The molecule has 0 aliphatic rings. The van der Waals surface area contributed by atoms with E-state index in [1.807, 2.05) is 0 Å². The van der Waals surface area contributed by atoms with Crippen molar-refractivity contribution in [3.8, 4) is 0 Å². The van der Waals surface area contributed by atoms with Crippen molar-refractivity contribution in [1.29, 1.82) is 0 Å². The molecular formula is C9H15KLiMgNaO12S. The summed E-state index contributed by atoms with van der Waals surface area (Å²) in [5, 5.41) is 34.5. The molecule has 0 fully saturated rings. The number of carboxylic acids is 4. The Morgan fingerprint density at radius 1 is 0.885 bits per heavy atom. The average Bonchev–Trinajstić information content (AvgIpc) is 2.11. The first-order valence-corrected chi connectivity index (χ1v) is 6.21. The van der Waals surface area contributed by atoms with Crippen LogP contribution in [0, 0.1) is 0 Å². The zero-order valence-electron chi connectivity index (χ0n) is 15.8. The van der Waals surface area contributed by atoms with Gasteiger partial charge in [-0.25, -0.2) is 0 Å². The predicted molar refractivity (Wildman–Crippen MR) is 66.2 cm³/mol. The van der Waals surface area contributed by atoms with Crippen LogP contribution < -0.4 is 115 Å². The molecule has 0 rings (SSSR count). The minimum atomic E-state index is -5.17. The van der Waals surface area contributed by atoms with Crippen LogP contribution in [0.5, 0.6) is 0 Å². The van der Waals surface area contributed by atoms with Crippen molar-refractivity contribution in [2.75, 3.05) is 0 Å². The van der Waals surface area contributed by atoms with E-state index in [4.69, 9.17) is 47.2 Å². The van der Waals surface area contributed by atoms with E-state index in [1.165, 1.54) is 6.92 Å². The van der Waals surface area contributed by atoms with Crippen molar-refractivity contribution in [3.63, 3.8) is 0 Å². The van der Waals surface area contributed by atoms with Gasteiger partial charge >= 0.3 is 123 Å². The summed E-state index contributed by atoms with van der Waals surface area (Å²) in [5.41, 5.74) is 0. The fraction of sp³-hybridized carbons (Fsp3) is 0.556. The number of carbonyl (C=O) groups excluding carboxylic acids is 3. The van der Waals surface area contributed by atoms with Crippen LogP contribution in [-0.4, -0.2) is 69.6 Å². The van der Waals surface area contributed by atoms with Gasteiger partial charge in [0.15, 0.2) is 0 Å². The van der Waals surface area contributed by atoms with Gasteiger partial charge < -0.3 is 43.9 Å². The van der Waals surface area contributed by atoms with Crippen LogP contribution in [0.2, 0.25) is 0 Å². The van der Waals surface area contributed by atoms with Crippen LogP contribution in [-0.2, 0) is 29.6 Å². The molecule has 0 amide bonds. The third-order valence-electron chi connectivity index (χ3n) is 0.289. The molecule has 0 aliphatic heterocycles. The Balaban J connectivity index is -0.0000000192. The van der Waals surface area contributed by atoms with E-state index in [9.17, 15) is 9.90 Å². The second kappa shape index (κ2) is 41.2. The molecule has 12 nitrogen and oxygen atoms in total. The Morgan fingerprint density at radius 3 is 0.923 bits per heavy atom. The third-order valence-corrected chi connectivity index (χ3v) is 0.289. The van der Waals surface area contributed by atoms with Gasteiger partial charge in [-0.3, -0.25) is 13.2 Å². The maximum Gasteiger partial charge on any atom is 2.00 e. The Hall–Kier alpha value is 1.75. The van der Waals surface area contributed by atoms with Crippen LogP contribution in [0.25, 0.3) is 0 Å². The SMILES string of the molecule is CC(=O)O.CC(=O)[O-].CC(=O)[O-].CCC(=O)[O-].O=S(=O)([O-])[O-].[K+].[Li+].[Mg+2].[Na+]. The molecule has 134 valence electrons. The van der Waals surface area contributed by atoms with Crippen molar-refractivity contribution < 1.29 is 157 Å². The molecule has 0 atom stereocenters. The molecule has 26 heavy (non-hydrogen) atoms. The van der Waals surface area contributed by atoms with Gasteiger partial charge in [-0.1, -0.05) is 6.92 Å². The Morgan fingerprint density at radius 2 is 0.923 bits per heavy atom. The van der Waals surface area contributed by atoms with Crippen molar-refractivity contribution in [2.45, 2.75) is 34.1 Å². The van der Waals surface area contributed by atoms with Crippen LogP contribution in [0.4, 0.5) is 0 Å². The largest absolute Gasteiger partial charge is 2.00 e. The summed E-state index contributed by atoms with van der Waals surface area (Å²) in [6, 6.07) is 0. The Bertz CT molecular complexity index is 386. The first-order valence-electron chi connectivity index (χ1n) is 4.88. The Labute approximate surface area is 244 Å². The normalized spacial score (nSPS) is 6.54. The first kappa shape index (κ1) is 56.5. The molecule has 0 aromatic heterocycles. The van der Waals surface area contributed by atoms with E-state index in [0.717, 1.165) is 20.8 Å². The van der Waals surface area contributed by atoms with Gasteiger partial charge in [0.05, 0.1) is 0 Å². The zero-order valence-corrected chi connectivity index (χ0v) is 23.1. The molecule has 0 aromatic rings. The topological polar surface area (TPSA) is 238 Å². The quantitative estimate of drug-likeness (QED) is 0.227. The van der Waals surface area contributed by atoms with Crippen molar-refractivity contribution >= 4 is 57.3 Å². The smallest absolute Gasteiger partial charge is 0.759 e. The van der Waals surface area contributed by atoms with E-state index >= 15 is 0 Å². The second-order valence-electron chi connectivity index (χ2n) is 2.64. The number of hydrogen-bond acceptors (Lipinski definition) is 11. The number of hydrogen-bond donors (Lipinski definition) is 1. The zero-order chi connectivity index (χ0) is 19.5. The van der Waals surface area contributed by atoms with Gasteiger partial charge in [0.25, 0.3) is 5.97 Å². The maximum atomic E-state index is 9.26. The summed E-state index contributed by atoms with van der Waals surface area (Å²) >= 11 is 0. The third kappa shape index (κ3) is 1120. The molecule has 17 heteroatoms. The average molecular weight is 441 g/mol. The minimum Gasteiger partial charge on any atom is -0.759 e. The predicted octanol–water partition coefficient (Wildman–Crippen LogP) is -14.0. The van der Waals surface area contributed by atoms with Crippen molar-refractivity contribution in [1.82, 2.24) is 0 Å². The summed E-state index contributed by atoms with van der Waals surface area (Å²) in [6.45, 7) is 4.56. The van der Waals surface area contributed by atoms with Crippen molar-refractivity contribution in [2.24, 2.45) is 0 Å². The van der Waals surface area contributed by atoms with Gasteiger partial charge in [-0.15, -0.1) is 0 Å². The van der Waals surface area contributed by atoms with Gasteiger partial charge in [-0.2, -0.15) is 0 Å². The molecule has 0 spiro atoms. The van der Waals surface area contributed by atoms with Crippen LogP contribution in [0.1, 0.15) is 34.1 Å². The number of rotatable bonds is 1. The molecule has 0 aromatic carbocycles. The molecule has 1 N–H and O–H groups in total. The Kier molecular flexibility index (Phi) is 89.5. The van der Waals surface area contributed by atoms with Gasteiger partial charge in [0.2, 0.25) is 0 Å². The molecule has 0 radical (unpaired) electrons. The minimum absolute atomic E-state index is 0. The molecule has 0 saturated carbocycles. The summed E-state index contributed by atoms with van der Waals surface area (Å²) in [5.74, 6) is -4.00. The van der Waals surface area contributed by atoms with Crippen LogP contribution >= 0.6 is 0 Å². The van der Waals surface area contributed by atoms with E-state index in [0.29, 0.717) is 0 Å². The fourth-order valence-corrected chi connectivity index (χ4v) is 0. The monoisotopic (exact) mass is 440 g/mol. The number of aliphatic carboxylic acids is 4. The van der Waals surface area contributed by atoms with Gasteiger partial charge in [0.1, 0.15) is 0 Å². The fourth-order valence-electron chi connectivity index (χ4n) is 0. The van der Waals surface area contributed by atoms with Gasteiger partial charge in [-0.05, 0) is 20.3 Å². The molecule has 0 bridgehead atoms. The molecular weight excluding hydrogens is 425 g/mol. The molecule has 0 heterocycles. The summed E-state index contributed by atoms with van der Waals surface area (Å²) < 4.78 is 34.1. The standard InChI is InChI=1S/C3H6O2.3C2H4O2.K.Li.Mg.Na.H2O4S/c1-2-3(4)5;3*1-2(3)4;;;;;1-5(2,3)4/h2H2,1H3,(H,4,5);3*1H3,(H,3,4);;;;;(H2,1,2,3,4)/q;;;;2*+1;+2;+1;/p-5. The van der Waals surface area contributed by atoms with Crippen molar-refractivity contribution in [3.05, 3.63) is 0 Å². The van der Waals surface area contributed by atoms with E-state index in [1.54, 1.807) is 0 Å². The van der Waals surface area contributed by atoms with Gasteiger partial charge in [0, 0.05) is 35.2 Å². The summed E-state index contributed by atoms with van der Waals surface area (Å²) in [4.78, 5) is 36.0. The van der Waals surface area contributed by atoms with Crippen LogP contribution in [0.3, 0.4) is 0 Å².